The van der Waals surface area contributed by atoms with E-state index >= 15 is 0 Å². The van der Waals surface area contributed by atoms with Gasteiger partial charge in [-0.2, -0.15) is 4.98 Å². The van der Waals surface area contributed by atoms with E-state index in [1.807, 2.05) is 4.57 Å². The van der Waals surface area contributed by atoms with Gasteiger partial charge in [-0.1, -0.05) is 0 Å². The smallest absolute Gasteiger partial charge is 0.242 e. The number of methoxy groups -OCH3 is 2. The highest BCUT2D eigenvalue weighted by Gasteiger charge is 2.10. The van der Waals surface area contributed by atoms with Gasteiger partial charge in [0.05, 0.1) is 7.11 Å². The monoisotopic (exact) mass is 254 g/mol. The molecule has 0 saturated heterocycles. The Kier molecular flexibility index (Phi) is 3.70. The van der Waals surface area contributed by atoms with Crippen LogP contribution in [-0.2, 0) is 11.3 Å². The van der Waals surface area contributed by atoms with Gasteiger partial charge in [-0.25, -0.2) is 4.98 Å². The minimum atomic E-state index is 0.506. The summed E-state index contributed by atoms with van der Waals surface area (Å²) in [6.07, 6.45) is 2.35. The van der Waals surface area contributed by atoms with Crippen molar-refractivity contribution in [3.63, 3.8) is 0 Å². The van der Waals surface area contributed by atoms with Gasteiger partial charge in [-0.05, 0) is 18.6 Å². The average Bonchev–Trinajstić information content (AvgIpc) is 2.66. The Hall–Kier alpha value is -1.47. The molecule has 2 heterocycles. The molecule has 0 fully saturated rings. The van der Waals surface area contributed by atoms with Crippen molar-refractivity contribution in [2.75, 3.05) is 20.8 Å². The van der Waals surface area contributed by atoms with Crippen LogP contribution in [0, 0.1) is 4.77 Å². The van der Waals surface area contributed by atoms with Crippen LogP contribution in [0.3, 0.4) is 0 Å². The summed E-state index contributed by atoms with van der Waals surface area (Å²) in [5.41, 5.74) is 1.50. The molecule has 6 nitrogen and oxygen atoms in total. The van der Waals surface area contributed by atoms with E-state index in [1.54, 1.807) is 14.2 Å². The first-order valence-corrected chi connectivity index (χ1v) is 5.65. The second kappa shape index (κ2) is 5.24. The fourth-order valence-corrected chi connectivity index (χ4v) is 1.95. The molecule has 0 bridgehead atoms. The Morgan fingerprint density at radius 2 is 2.24 bits per heavy atom. The van der Waals surface area contributed by atoms with Crippen LogP contribution in [0.25, 0.3) is 11.2 Å². The highest BCUT2D eigenvalue weighted by molar-refractivity contribution is 7.71. The standard InChI is InChI=1S/C10H14N4O2S/c1-15-5-3-4-14-8-7(13-10(14)17)9(16-2)12-6-11-8/h6H,3-5H2,1-2H3,(H,13,17). The molecule has 0 saturated carbocycles. The van der Waals surface area contributed by atoms with Gasteiger partial charge in [0, 0.05) is 20.3 Å². The van der Waals surface area contributed by atoms with Gasteiger partial charge >= 0.3 is 0 Å². The number of aryl methyl sites for hydroxylation is 1. The number of nitrogens with zero attached hydrogens (tertiary/aromatic N) is 3. The molecule has 17 heavy (non-hydrogen) atoms. The van der Waals surface area contributed by atoms with Crippen molar-refractivity contribution >= 4 is 23.4 Å². The number of aromatic nitrogens is 4. The van der Waals surface area contributed by atoms with Gasteiger partial charge in [-0.15, -0.1) is 0 Å². The van der Waals surface area contributed by atoms with Crippen LogP contribution in [0.5, 0.6) is 5.88 Å². The molecule has 2 aromatic rings. The maximum Gasteiger partial charge on any atom is 0.242 e. The first kappa shape index (κ1) is 12.0. The fraction of sp³-hybridized carbons (Fsp3) is 0.500. The van der Waals surface area contributed by atoms with E-state index in [0.29, 0.717) is 17.3 Å². The summed E-state index contributed by atoms with van der Waals surface area (Å²) in [6, 6.07) is 0. The second-order valence-electron chi connectivity index (χ2n) is 3.51. The number of nitrogens with one attached hydrogen (secondary N) is 1. The average molecular weight is 254 g/mol. The molecular weight excluding hydrogens is 240 g/mol. The fourth-order valence-electron chi connectivity index (χ4n) is 1.67. The van der Waals surface area contributed by atoms with Crippen LogP contribution in [0.15, 0.2) is 6.33 Å². The summed E-state index contributed by atoms with van der Waals surface area (Å²) in [5.74, 6) is 0.506. The number of rotatable bonds is 5. The summed E-state index contributed by atoms with van der Waals surface area (Å²) in [5, 5.41) is 0. The molecule has 1 N–H and O–H groups in total. The number of imidazole rings is 1. The molecule has 0 spiro atoms. The number of hydrogen-bond acceptors (Lipinski definition) is 5. The second-order valence-corrected chi connectivity index (χ2v) is 3.90. The lowest BCUT2D eigenvalue weighted by atomic mass is 10.4. The predicted molar refractivity (Wildman–Crippen MR) is 65.8 cm³/mol. The Morgan fingerprint density at radius 3 is 2.94 bits per heavy atom. The third-order valence-corrected chi connectivity index (χ3v) is 2.77. The van der Waals surface area contributed by atoms with Gasteiger partial charge < -0.3 is 19.0 Å². The molecular formula is C10H14N4O2S. The summed E-state index contributed by atoms with van der Waals surface area (Å²) < 4.78 is 12.7. The number of aromatic amines is 1. The lowest BCUT2D eigenvalue weighted by molar-refractivity contribution is 0.190. The number of hydrogen-bond donors (Lipinski definition) is 1. The summed E-state index contributed by atoms with van der Waals surface area (Å²) in [6.45, 7) is 1.45. The van der Waals surface area contributed by atoms with Gasteiger partial charge in [-0.3, -0.25) is 0 Å². The van der Waals surface area contributed by atoms with Crippen LogP contribution in [0.2, 0.25) is 0 Å². The number of ether oxygens (including phenoxy) is 2. The van der Waals surface area contributed by atoms with E-state index in [4.69, 9.17) is 21.7 Å². The molecule has 0 aliphatic carbocycles. The first-order valence-electron chi connectivity index (χ1n) is 5.24. The molecule has 7 heteroatoms. The van der Waals surface area contributed by atoms with Gasteiger partial charge in [0.25, 0.3) is 0 Å². The third kappa shape index (κ3) is 2.29. The molecule has 0 aromatic carbocycles. The van der Waals surface area contributed by atoms with Crippen LogP contribution in [0.1, 0.15) is 6.42 Å². The van der Waals surface area contributed by atoms with E-state index in [1.165, 1.54) is 6.33 Å². The zero-order chi connectivity index (χ0) is 12.3. The molecule has 0 unspecified atom stereocenters. The number of H-pyrrole nitrogens is 1. The van der Waals surface area contributed by atoms with Crippen molar-refractivity contribution < 1.29 is 9.47 Å². The predicted octanol–water partition coefficient (Wildman–Crippen LogP) is 1.53. The van der Waals surface area contributed by atoms with Crippen LogP contribution in [0.4, 0.5) is 0 Å². The van der Waals surface area contributed by atoms with Crippen molar-refractivity contribution in [2.45, 2.75) is 13.0 Å². The molecule has 0 amide bonds. The maximum absolute atomic E-state index is 5.25. The van der Waals surface area contributed by atoms with E-state index < -0.39 is 0 Å². The number of fused-ring (bicyclic) bond motifs is 1. The molecule has 2 rings (SSSR count). The summed E-state index contributed by atoms with van der Waals surface area (Å²) >= 11 is 5.25. The largest absolute Gasteiger partial charge is 0.479 e. The lowest BCUT2D eigenvalue weighted by Crippen LogP contribution is -2.02. The van der Waals surface area contributed by atoms with Crippen LogP contribution >= 0.6 is 12.2 Å². The van der Waals surface area contributed by atoms with Gasteiger partial charge in [0.15, 0.2) is 10.4 Å². The normalized spacial score (nSPS) is 10.9. The molecule has 0 aliphatic heterocycles. The Balaban J connectivity index is 2.42. The van der Waals surface area contributed by atoms with Crippen molar-refractivity contribution in [3.05, 3.63) is 11.1 Å². The van der Waals surface area contributed by atoms with E-state index in [0.717, 1.165) is 24.1 Å². The van der Waals surface area contributed by atoms with Gasteiger partial charge in [0.1, 0.15) is 11.8 Å². The van der Waals surface area contributed by atoms with Gasteiger partial charge in [0.2, 0.25) is 5.88 Å². The molecule has 0 atom stereocenters. The van der Waals surface area contributed by atoms with Crippen molar-refractivity contribution in [1.29, 1.82) is 0 Å². The highest BCUT2D eigenvalue weighted by Crippen LogP contribution is 2.19. The third-order valence-electron chi connectivity index (χ3n) is 2.45. The highest BCUT2D eigenvalue weighted by atomic mass is 32.1. The van der Waals surface area contributed by atoms with Crippen LogP contribution in [-0.4, -0.2) is 40.3 Å². The minimum absolute atomic E-state index is 0.506. The van der Waals surface area contributed by atoms with E-state index in [-0.39, 0.29) is 0 Å². The first-order chi connectivity index (χ1) is 8.27. The SMILES string of the molecule is COCCCn1c(=S)[nH]c2c(OC)ncnc21. The molecule has 2 aromatic heterocycles. The zero-order valence-electron chi connectivity index (χ0n) is 9.77. The van der Waals surface area contributed by atoms with Crippen molar-refractivity contribution in [3.8, 4) is 5.88 Å². The van der Waals surface area contributed by atoms with Crippen molar-refractivity contribution in [2.24, 2.45) is 0 Å². The summed E-state index contributed by atoms with van der Waals surface area (Å²) in [7, 11) is 3.25. The topological polar surface area (TPSA) is 65.0 Å². The molecule has 0 aliphatic rings. The molecule has 92 valence electrons. The Morgan fingerprint density at radius 1 is 1.41 bits per heavy atom. The zero-order valence-corrected chi connectivity index (χ0v) is 10.6. The van der Waals surface area contributed by atoms with Crippen LogP contribution < -0.4 is 4.74 Å². The Bertz CT molecular complexity index is 563. The van der Waals surface area contributed by atoms with E-state index in [2.05, 4.69) is 15.0 Å². The maximum atomic E-state index is 5.25. The molecule has 0 radical (unpaired) electrons. The minimum Gasteiger partial charge on any atom is -0.479 e. The summed E-state index contributed by atoms with van der Waals surface area (Å²) in [4.78, 5) is 11.3. The van der Waals surface area contributed by atoms with E-state index in [9.17, 15) is 0 Å². The Labute approximate surface area is 104 Å². The quantitative estimate of drug-likeness (QED) is 0.647. The lowest BCUT2D eigenvalue weighted by Gasteiger charge is -2.03. The van der Waals surface area contributed by atoms with Crippen molar-refractivity contribution in [1.82, 2.24) is 19.5 Å².